The summed E-state index contributed by atoms with van der Waals surface area (Å²) in [4.78, 5) is 0. The molecule has 64 valence electrons. The monoisotopic (exact) mass is 166 g/mol. The van der Waals surface area contributed by atoms with Crippen LogP contribution in [0.4, 0.5) is 4.39 Å². The maximum absolute atomic E-state index is 12.6. The first kappa shape index (κ1) is 8.78. The Labute approximate surface area is 71.5 Å². The van der Waals surface area contributed by atoms with Crippen LogP contribution < -0.4 is 4.74 Å². The van der Waals surface area contributed by atoms with E-state index in [0.717, 1.165) is 0 Å². The van der Waals surface area contributed by atoms with Crippen LogP contribution in [0.1, 0.15) is 6.92 Å². The molecule has 0 heterocycles. The van der Waals surface area contributed by atoms with Crippen molar-refractivity contribution in [3.63, 3.8) is 0 Å². The van der Waals surface area contributed by atoms with Crippen molar-refractivity contribution in [3.8, 4) is 5.75 Å². The maximum Gasteiger partial charge on any atom is 0.139 e. The van der Waals surface area contributed by atoms with Crippen molar-refractivity contribution in [1.29, 1.82) is 0 Å². The van der Waals surface area contributed by atoms with E-state index in [-0.39, 0.29) is 12.4 Å². The molecule has 1 rings (SSSR count). The molecule has 0 saturated carbocycles. The van der Waals surface area contributed by atoms with E-state index in [1.54, 1.807) is 19.1 Å². The molecule has 0 radical (unpaired) electrons. The highest BCUT2D eigenvalue weighted by atomic mass is 19.1. The third-order valence-corrected chi connectivity index (χ3v) is 1.43. The van der Waals surface area contributed by atoms with Gasteiger partial charge in [0.1, 0.15) is 18.2 Å². The summed E-state index contributed by atoms with van der Waals surface area (Å²) < 4.78 is 17.7. The molecule has 12 heavy (non-hydrogen) atoms. The van der Waals surface area contributed by atoms with Gasteiger partial charge in [-0.3, -0.25) is 0 Å². The van der Waals surface area contributed by atoms with E-state index in [1.165, 1.54) is 6.08 Å². The molecule has 0 aliphatic carbocycles. The van der Waals surface area contributed by atoms with Crippen molar-refractivity contribution in [3.05, 3.63) is 42.2 Å². The summed E-state index contributed by atoms with van der Waals surface area (Å²) in [6, 6.07) is 9.18. The van der Waals surface area contributed by atoms with Crippen molar-refractivity contribution in [2.45, 2.75) is 6.92 Å². The van der Waals surface area contributed by atoms with E-state index < -0.39 is 0 Å². The molecule has 0 amide bonds. The van der Waals surface area contributed by atoms with Crippen LogP contribution in [-0.2, 0) is 0 Å². The third-order valence-electron chi connectivity index (χ3n) is 1.43. The lowest BCUT2D eigenvalue weighted by atomic mass is 10.3. The number of halogens is 1. The van der Waals surface area contributed by atoms with E-state index in [1.807, 2.05) is 18.2 Å². The molecule has 0 aromatic heterocycles. The summed E-state index contributed by atoms with van der Waals surface area (Å²) >= 11 is 0. The summed E-state index contributed by atoms with van der Waals surface area (Å²) in [5, 5.41) is 0. The molecule has 1 nitrogen and oxygen atoms in total. The zero-order valence-corrected chi connectivity index (χ0v) is 6.96. The van der Waals surface area contributed by atoms with Crippen molar-refractivity contribution in [2.24, 2.45) is 0 Å². The van der Waals surface area contributed by atoms with Gasteiger partial charge in [0, 0.05) is 0 Å². The fourth-order valence-corrected chi connectivity index (χ4v) is 0.752. The van der Waals surface area contributed by atoms with Gasteiger partial charge < -0.3 is 4.74 Å². The Balaban J connectivity index is 2.44. The van der Waals surface area contributed by atoms with Gasteiger partial charge in [-0.05, 0) is 19.1 Å². The first-order valence-electron chi connectivity index (χ1n) is 3.81. The lowest BCUT2D eigenvalue weighted by molar-refractivity contribution is 0.318. The highest BCUT2D eigenvalue weighted by Crippen LogP contribution is 2.09. The van der Waals surface area contributed by atoms with Crippen LogP contribution in [-0.4, -0.2) is 6.61 Å². The predicted octanol–water partition coefficient (Wildman–Crippen LogP) is 2.94. The Kier molecular flexibility index (Phi) is 3.33. The van der Waals surface area contributed by atoms with Gasteiger partial charge in [-0.1, -0.05) is 24.3 Å². The molecular weight excluding hydrogens is 155 g/mol. The second kappa shape index (κ2) is 4.54. The highest BCUT2D eigenvalue weighted by molar-refractivity contribution is 5.21. The Morgan fingerprint density at radius 2 is 2.08 bits per heavy atom. The van der Waals surface area contributed by atoms with Crippen molar-refractivity contribution < 1.29 is 9.13 Å². The average molecular weight is 166 g/mol. The van der Waals surface area contributed by atoms with Gasteiger partial charge in [0.25, 0.3) is 0 Å². The molecule has 0 unspecified atom stereocenters. The number of allylic oxidation sites excluding steroid dienone is 1. The van der Waals surface area contributed by atoms with Crippen LogP contribution in [0.2, 0.25) is 0 Å². The fourth-order valence-electron chi connectivity index (χ4n) is 0.752. The minimum atomic E-state index is -0.251. The van der Waals surface area contributed by atoms with Crippen molar-refractivity contribution >= 4 is 0 Å². The normalized spacial score (nSPS) is 11.3. The molecule has 0 bridgehead atoms. The minimum absolute atomic E-state index is 0.0144. The largest absolute Gasteiger partial charge is 0.487 e. The van der Waals surface area contributed by atoms with E-state index in [4.69, 9.17) is 4.74 Å². The number of benzene rings is 1. The number of ether oxygens (including phenoxy) is 1. The minimum Gasteiger partial charge on any atom is -0.487 e. The standard InChI is InChI=1S/C10H11FO/c1-2-9(11)8-12-10-6-4-3-5-7-10/h2-7H,8H2,1H3/b9-2+. The Morgan fingerprint density at radius 1 is 1.42 bits per heavy atom. The summed E-state index contributed by atoms with van der Waals surface area (Å²) in [7, 11) is 0. The second-order valence-electron chi connectivity index (χ2n) is 2.34. The maximum atomic E-state index is 12.6. The van der Waals surface area contributed by atoms with Gasteiger partial charge in [-0.15, -0.1) is 0 Å². The number of rotatable bonds is 3. The van der Waals surface area contributed by atoms with Gasteiger partial charge in [-0.25, -0.2) is 4.39 Å². The number of hydrogen-bond donors (Lipinski definition) is 0. The van der Waals surface area contributed by atoms with E-state index >= 15 is 0 Å². The van der Waals surface area contributed by atoms with Crippen LogP contribution >= 0.6 is 0 Å². The summed E-state index contributed by atoms with van der Waals surface area (Å²) in [6.07, 6.45) is 1.39. The van der Waals surface area contributed by atoms with E-state index in [9.17, 15) is 4.39 Å². The van der Waals surface area contributed by atoms with Gasteiger partial charge >= 0.3 is 0 Å². The molecule has 0 aliphatic rings. The Bertz CT molecular complexity index is 254. The quantitative estimate of drug-likeness (QED) is 0.670. The average Bonchev–Trinajstić information content (AvgIpc) is 2.16. The summed E-state index contributed by atoms with van der Waals surface area (Å²) in [5.41, 5.74) is 0. The molecular formula is C10H11FO. The smallest absolute Gasteiger partial charge is 0.139 e. The summed E-state index contributed by atoms with van der Waals surface area (Å²) in [5.74, 6) is 0.438. The third kappa shape index (κ3) is 2.74. The van der Waals surface area contributed by atoms with Crippen LogP contribution in [0.15, 0.2) is 42.2 Å². The Hall–Kier alpha value is -1.31. The van der Waals surface area contributed by atoms with Crippen LogP contribution in [0.25, 0.3) is 0 Å². The topological polar surface area (TPSA) is 9.23 Å². The molecule has 1 aromatic rings. The molecule has 2 heteroatoms. The molecule has 0 saturated heterocycles. The van der Waals surface area contributed by atoms with Gasteiger partial charge in [0.05, 0.1) is 0 Å². The second-order valence-corrected chi connectivity index (χ2v) is 2.34. The predicted molar refractivity (Wildman–Crippen MR) is 46.8 cm³/mol. The molecule has 0 fully saturated rings. The Morgan fingerprint density at radius 3 is 2.67 bits per heavy atom. The number of para-hydroxylation sites is 1. The highest BCUT2D eigenvalue weighted by Gasteiger charge is 1.94. The first-order chi connectivity index (χ1) is 5.83. The molecule has 0 atom stereocenters. The van der Waals surface area contributed by atoms with Crippen molar-refractivity contribution in [1.82, 2.24) is 0 Å². The van der Waals surface area contributed by atoms with Crippen molar-refractivity contribution in [2.75, 3.05) is 6.61 Å². The van der Waals surface area contributed by atoms with Gasteiger partial charge in [0.15, 0.2) is 0 Å². The van der Waals surface area contributed by atoms with Crippen LogP contribution in [0.3, 0.4) is 0 Å². The molecule has 1 aromatic carbocycles. The van der Waals surface area contributed by atoms with E-state index in [0.29, 0.717) is 5.75 Å². The lowest BCUT2D eigenvalue weighted by Gasteiger charge is -2.02. The van der Waals surface area contributed by atoms with Crippen LogP contribution in [0, 0.1) is 0 Å². The van der Waals surface area contributed by atoms with Gasteiger partial charge in [0.2, 0.25) is 0 Å². The fraction of sp³-hybridized carbons (Fsp3) is 0.200. The van der Waals surface area contributed by atoms with Gasteiger partial charge in [-0.2, -0.15) is 0 Å². The lowest BCUT2D eigenvalue weighted by Crippen LogP contribution is -1.96. The zero-order chi connectivity index (χ0) is 8.81. The molecule has 0 aliphatic heterocycles. The van der Waals surface area contributed by atoms with E-state index in [2.05, 4.69) is 0 Å². The molecule has 0 spiro atoms. The molecule has 0 N–H and O–H groups in total. The zero-order valence-electron chi connectivity index (χ0n) is 6.96. The number of hydrogen-bond acceptors (Lipinski definition) is 1. The van der Waals surface area contributed by atoms with Crippen LogP contribution in [0.5, 0.6) is 5.75 Å². The summed E-state index contributed by atoms with van der Waals surface area (Å²) in [6.45, 7) is 1.66. The first-order valence-corrected chi connectivity index (χ1v) is 3.81. The SMILES string of the molecule is C/C=C(/F)COc1ccccc1.